The summed E-state index contributed by atoms with van der Waals surface area (Å²) in [6.07, 6.45) is 4.81. The Morgan fingerprint density at radius 3 is 3.04 bits per heavy atom. The van der Waals surface area contributed by atoms with E-state index in [1.807, 2.05) is 23.1 Å². The van der Waals surface area contributed by atoms with E-state index >= 15 is 0 Å². The smallest absolute Gasteiger partial charge is 0.240 e. The highest BCUT2D eigenvalue weighted by molar-refractivity contribution is 5.89. The number of aromatic nitrogens is 1. The molecule has 0 bridgehead atoms. The van der Waals surface area contributed by atoms with Crippen LogP contribution in [-0.4, -0.2) is 66.6 Å². The minimum absolute atomic E-state index is 0. The fraction of sp³-hybridized carbons (Fsp3) is 0.611. The molecule has 2 aliphatic rings. The van der Waals surface area contributed by atoms with E-state index in [9.17, 15) is 9.59 Å². The van der Waals surface area contributed by atoms with Gasteiger partial charge in [-0.15, -0.1) is 12.4 Å². The Hall–Kier alpha value is -1.70. The third-order valence-electron chi connectivity index (χ3n) is 4.65. The van der Waals surface area contributed by atoms with Gasteiger partial charge in [-0.25, -0.2) is 0 Å². The zero-order valence-corrected chi connectivity index (χ0v) is 15.7. The van der Waals surface area contributed by atoms with Crippen LogP contribution in [0.25, 0.3) is 0 Å². The van der Waals surface area contributed by atoms with Crippen LogP contribution in [0.2, 0.25) is 0 Å². The standard InChI is InChI=1S/C18H26N4O3.ClH/c23-17(21-8-6-14-4-1-2-7-19-14)12-16-18(24)22(10-9-20-16)13-15-5-3-11-25-15;/h1-2,4,7,15-16,20H,3,5-6,8-13H2,(H,21,23);1H. The monoisotopic (exact) mass is 382 g/mol. The number of carbonyl (C=O) groups excluding carboxylic acids is 2. The summed E-state index contributed by atoms with van der Waals surface area (Å²) >= 11 is 0. The summed E-state index contributed by atoms with van der Waals surface area (Å²) in [4.78, 5) is 30.8. The van der Waals surface area contributed by atoms with E-state index in [2.05, 4.69) is 15.6 Å². The van der Waals surface area contributed by atoms with Crippen LogP contribution >= 0.6 is 12.4 Å². The average molecular weight is 383 g/mol. The lowest BCUT2D eigenvalue weighted by atomic mass is 10.1. The van der Waals surface area contributed by atoms with Crippen LogP contribution in [0.15, 0.2) is 24.4 Å². The van der Waals surface area contributed by atoms with E-state index in [0.717, 1.165) is 25.1 Å². The zero-order valence-electron chi connectivity index (χ0n) is 14.9. The van der Waals surface area contributed by atoms with Gasteiger partial charge < -0.3 is 20.3 Å². The van der Waals surface area contributed by atoms with Crippen LogP contribution < -0.4 is 10.6 Å². The van der Waals surface area contributed by atoms with Gasteiger partial charge in [0, 0.05) is 51.1 Å². The van der Waals surface area contributed by atoms with Gasteiger partial charge in [0.2, 0.25) is 11.8 Å². The normalized spacial score (nSPS) is 22.8. The molecule has 2 fully saturated rings. The Bertz CT molecular complexity index is 581. The quantitative estimate of drug-likeness (QED) is 0.718. The molecule has 0 spiro atoms. The number of carbonyl (C=O) groups is 2. The van der Waals surface area contributed by atoms with Crippen molar-refractivity contribution in [2.75, 3.05) is 32.8 Å². The molecular formula is C18H27ClN4O3. The topological polar surface area (TPSA) is 83.6 Å². The second-order valence-electron chi connectivity index (χ2n) is 6.55. The van der Waals surface area contributed by atoms with Crippen molar-refractivity contribution < 1.29 is 14.3 Å². The van der Waals surface area contributed by atoms with E-state index in [0.29, 0.717) is 32.6 Å². The molecule has 1 aromatic rings. The summed E-state index contributed by atoms with van der Waals surface area (Å²) in [6, 6.07) is 5.29. The fourth-order valence-electron chi connectivity index (χ4n) is 3.30. The lowest BCUT2D eigenvalue weighted by molar-refractivity contribution is -0.139. The highest BCUT2D eigenvalue weighted by Gasteiger charge is 2.32. The van der Waals surface area contributed by atoms with E-state index in [1.165, 1.54) is 0 Å². The van der Waals surface area contributed by atoms with Crippen LogP contribution in [0, 0.1) is 0 Å². The second-order valence-corrected chi connectivity index (χ2v) is 6.55. The number of ether oxygens (including phenoxy) is 1. The van der Waals surface area contributed by atoms with Crippen molar-refractivity contribution in [3.05, 3.63) is 30.1 Å². The van der Waals surface area contributed by atoms with E-state index in [4.69, 9.17) is 4.74 Å². The van der Waals surface area contributed by atoms with Gasteiger partial charge in [0.15, 0.2) is 0 Å². The maximum Gasteiger partial charge on any atom is 0.240 e. The van der Waals surface area contributed by atoms with E-state index < -0.39 is 6.04 Å². The van der Waals surface area contributed by atoms with Crippen molar-refractivity contribution in [3.63, 3.8) is 0 Å². The molecule has 3 rings (SSSR count). The molecule has 1 aromatic heterocycles. The second kappa shape index (κ2) is 10.4. The molecule has 0 radical (unpaired) electrons. The number of hydrogen-bond donors (Lipinski definition) is 2. The number of pyridine rings is 1. The Balaban J connectivity index is 0.00000243. The van der Waals surface area contributed by atoms with Crippen LogP contribution in [0.4, 0.5) is 0 Å². The Morgan fingerprint density at radius 2 is 2.31 bits per heavy atom. The molecule has 2 aliphatic heterocycles. The third kappa shape index (κ3) is 5.93. The lowest BCUT2D eigenvalue weighted by Gasteiger charge is -2.34. The van der Waals surface area contributed by atoms with Crippen molar-refractivity contribution in [2.24, 2.45) is 0 Å². The molecule has 2 saturated heterocycles. The van der Waals surface area contributed by atoms with Gasteiger partial charge in [0.05, 0.1) is 18.6 Å². The molecule has 0 saturated carbocycles. The molecule has 0 aromatic carbocycles. The molecule has 7 nitrogen and oxygen atoms in total. The van der Waals surface area contributed by atoms with Gasteiger partial charge in [0.25, 0.3) is 0 Å². The Morgan fingerprint density at radius 1 is 1.42 bits per heavy atom. The van der Waals surface area contributed by atoms with Gasteiger partial charge in [0.1, 0.15) is 0 Å². The lowest BCUT2D eigenvalue weighted by Crippen LogP contribution is -2.57. The first-order chi connectivity index (χ1) is 12.2. The summed E-state index contributed by atoms with van der Waals surface area (Å²) < 4.78 is 5.62. The number of nitrogens with zero attached hydrogens (tertiary/aromatic N) is 2. The molecule has 0 aliphatic carbocycles. The van der Waals surface area contributed by atoms with Crippen molar-refractivity contribution in [2.45, 2.75) is 37.8 Å². The summed E-state index contributed by atoms with van der Waals surface area (Å²) in [5.41, 5.74) is 0.942. The molecule has 2 unspecified atom stereocenters. The summed E-state index contributed by atoms with van der Waals surface area (Å²) in [6.45, 7) is 3.34. The Kier molecular flexibility index (Phi) is 8.28. The van der Waals surface area contributed by atoms with Crippen LogP contribution in [0.5, 0.6) is 0 Å². The number of rotatable bonds is 7. The predicted octanol–water partition coefficient (Wildman–Crippen LogP) is 0.532. The van der Waals surface area contributed by atoms with Gasteiger partial charge in [-0.1, -0.05) is 6.07 Å². The number of piperazine rings is 1. The van der Waals surface area contributed by atoms with Gasteiger partial charge in [-0.2, -0.15) is 0 Å². The average Bonchev–Trinajstić information content (AvgIpc) is 3.12. The van der Waals surface area contributed by atoms with Crippen LogP contribution in [0.1, 0.15) is 25.0 Å². The molecule has 2 atom stereocenters. The van der Waals surface area contributed by atoms with Crippen molar-refractivity contribution in [1.82, 2.24) is 20.5 Å². The minimum Gasteiger partial charge on any atom is -0.376 e. The van der Waals surface area contributed by atoms with Gasteiger partial charge in [-0.05, 0) is 25.0 Å². The van der Waals surface area contributed by atoms with Crippen molar-refractivity contribution in [3.8, 4) is 0 Å². The predicted molar refractivity (Wildman–Crippen MR) is 100 cm³/mol. The largest absolute Gasteiger partial charge is 0.376 e. The summed E-state index contributed by atoms with van der Waals surface area (Å²) in [5, 5.41) is 6.03. The highest BCUT2D eigenvalue weighted by atomic mass is 35.5. The molecule has 144 valence electrons. The number of amides is 2. The summed E-state index contributed by atoms with van der Waals surface area (Å²) in [7, 11) is 0. The van der Waals surface area contributed by atoms with E-state index in [-0.39, 0.29) is 36.7 Å². The number of nitrogens with one attached hydrogen (secondary N) is 2. The maximum absolute atomic E-state index is 12.6. The number of hydrogen-bond acceptors (Lipinski definition) is 5. The van der Waals surface area contributed by atoms with Crippen molar-refractivity contribution in [1.29, 1.82) is 0 Å². The molecule has 26 heavy (non-hydrogen) atoms. The van der Waals surface area contributed by atoms with Crippen LogP contribution in [0.3, 0.4) is 0 Å². The molecule has 3 heterocycles. The first-order valence-electron chi connectivity index (χ1n) is 9.03. The third-order valence-corrected chi connectivity index (χ3v) is 4.65. The zero-order chi connectivity index (χ0) is 17.5. The highest BCUT2D eigenvalue weighted by Crippen LogP contribution is 2.15. The Labute approximate surface area is 160 Å². The minimum atomic E-state index is -0.440. The first-order valence-corrected chi connectivity index (χ1v) is 9.03. The molecular weight excluding hydrogens is 356 g/mol. The fourth-order valence-corrected chi connectivity index (χ4v) is 3.30. The van der Waals surface area contributed by atoms with Gasteiger partial charge in [-0.3, -0.25) is 14.6 Å². The molecule has 2 amide bonds. The van der Waals surface area contributed by atoms with Gasteiger partial charge >= 0.3 is 0 Å². The summed E-state index contributed by atoms with van der Waals surface area (Å²) in [5.74, 6) is -0.109. The maximum atomic E-state index is 12.6. The number of halogens is 1. The SMILES string of the molecule is Cl.O=C(CC1NCCN(CC2CCCO2)C1=O)NCCc1ccccn1. The molecule has 2 N–H and O–H groups in total. The molecule has 8 heteroatoms. The van der Waals surface area contributed by atoms with Crippen LogP contribution in [-0.2, 0) is 20.7 Å². The van der Waals surface area contributed by atoms with E-state index in [1.54, 1.807) is 6.20 Å². The first kappa shape index (κ1) is 20.6. The van der Waals surface area contributed by atoms with Crippen molar-refractivity contribution >= 4 is 24.2 Å².